The Balaban J connectivity index is 2.07. The highest BCUT2D eigenvalue weighted by Gasteiger charge is 2.28. The lowest BCUT2D eigenvalue weighted by molar-refractivity contribution is -0.125. The van der Waals surface area contributed by atoms with E-state index in [1.807, 2.05) is 0 Å². The molecule has 0 heterocycles. The van der Waals surface area contributed by atoms with Crippen molar-refractivity contribution in [2.24, 2.45) is 11.8 Å². The van der Waals surface area contributed by atoms with Crippen LogP contribution in [0.1, 0.15) is 44.6 Å². The van der Waals surface area contributed by atoms with Crippen LogP contribution in [0, 0.1) is 17.7 Å². The SMILES string of the molecule is CCCC1CCC(=O)C(Cc2cc(Br)ccc2F)C1. The maximum Gasteiger partial charge on any atom is 0.136 e. The number of Topliss-reactive ketones (excluding diaryl/α,β-unsaturated/α-hetero) is 1. The summed E-state index contributed by atoms with van der Waals surface area (Å²) in [6, 6.07) is 4.96. The minimum atomic E-state index is -0.200. The third-order valence-corrected chi connectivity index (χ3v) is 4.54. The zero-order chi connectivity index (χ0) is 13.8. The molecule has 0 aromatic heterocycles. The van der Waals surface area contributed by atoms with Crippen molar-refractivity contribution in [1.29, 1.82) is 0 Å². The Bertz CT molecular complexity index is 458. The van der Waals surface area contributed by atoms with Crippen molar-refractivity contribution < 1.29 is 9.18 Å². The van der Waals surface area contributed by atoms with E-state index in [2.05, 4.69) is 22.9 Å². The van der Waals surface area contributed by atoms with Gasteiger partial charge in [-0.05, 0) is 48.9 Å². The highest BCUT2D eigenvalue weighted by molar-refractivity contribution is 9.10. The summed E-state index contributed by atoms with van der Waals surface area (Å²) in [6.07, 6.45) is 5.51. The fourth-order valence-corrected chi connectivity index (χ4v) is 3.44. The number of hydrogen-bond acceptors (Lipinski definition) is 1. The number of hydrogen-bond donors (Lipinski definition) is 0. The summed E-state index contributed by atoms with van der Waals surface area (Å²) >= 11 is 3.36. The Morgan fingerprint density at radius 1 is 1.42 bits per heavy atom. The second kappa shape index (κ2) is 6.65. The highest BCUT2D eigenvalue weighted by atomic mass is 79.9. The Morgan fingerprint density at radius 2 is 2.21 bits per heavy atom. The molecule has 1 aromatic rings. The molecule has 104 valence electrons. The maximum atomic E-state index is 13.8. The second-order valence-corrected chi connectivity index (χ2v) is 6.45. The molecule has 0 spiro atoms. The molecule has 0 saturated heterocycles. The van der Waals surface area contributed by atoms with Crippen molar-refractivity contribution in [3.05, 3.63) is 34.1 Å². The van der Waals surface area contributed by atoms with E-state index in [0.717, 1.165) is 23.7 Å². The minimum Gasteiger partial charge on any atom is -0.299 e. The summed E-state index contributed by atoms with van der Waals surface area (Å²) in [5.41, 5.74) is 0.657. The van der Waals surface area contributed by atoms with E-state index in [4.69, 9.17) is 0 Å². The molecule has 19 heavy (non-hydrogen) atoms. The Hall–Kier alpha value is -0.700. The smallest absolute Gasteiger partial charge is 0.136 e. The first kappa shape index (κ1) is 14.7. The zero-order valence-electron chi connectivity index (χ0n) is 11.3. The Kier molecular flexibility index (Phi) is 5.14. The molecule has 1 saturated carbocycles. The summed E-state index contributed by atoms with van der Waals surface area (Å²) in [7, 11) is 0. The predicted molar refractivity (Wildman–Crippen MR) is 78.6 cm³/mol. The lowest BCUT2D eigenvalue weighted by atomic mass is 9.76. The number of ketones is 1. The number of rotatable bonds is 4. The summed E-state index contributed by atoms with van der Waals surface area (Å²) < 4.78 is 14.6. The lowest BCUT2D eigenvalue weighted by Crippen LogP contribution is -2.26. The Morgan fingerprint density at radius 3 is 2.95 bits per heavy atom. The molecule has 1 aliphatic rings. The van der Waals surface area contributed by atoms with Gasteiger partial charge in [0.2, 0.25) is 0 Å². The number of benzene rings is 1. The fraction of sp³-hybridized carbons (Fsp3) is 0.562. The monoisotopic (exact) mass is 326 g/mol. The molecule has 0 N–H and O–H groups in total. The number of halogens is 2. The molecule has 2 unspecified atom stereocenters. The molecule has 2 rings (SSSR count). The van der Waals surface area contributed by atoms with Gasteiger partial charge in [-0.2, -0.15) is 0 Å². The molecule has 0 aliphatic heterocycles. The third kappa shape index (κ3) is 3.88. The first-order chi connectivity index (χ1) is 9.10. The first-order valence-corrected chi connectivity index (χ1v) is 7.86. The summed E-state index contributed by atoms with van der Waals surface area (Å²) in [4.78, 5) is 12.0. The van der Waals surface area contributed by atoms with Crippen molar-refractivity contribution in [1.82, 2.24) is 0 Å². The van der Waals surface area contributed by atoms with E-state index in [9.17, 15) is 9.18 Å². The molecule has 1 aromatic carbocycles. The quantitative estimate of drug-likeness (QED) is 0.767. The van der Waals surface area contributed by atoms with Gasteiger partial charge in [0, 0.05) is 16.8 Å². The maximum absolute atomic E-state index is 13.8. The lowest BCUT2D eigenvalue weighted by Gasteiger charge is -2.28. The molecule has 1 nitrogen and oxygen atoms in total. The van der Waals surface area contributed by atoms with Gasteiger partial charge in [-0.25, -0.2) is 4.39 Å². The van der Waals surface area contributed by atoms with Crippen LogP contribution in [0.4, 0.5) is 4.39 Å². The normalized spacial score (nSPS) is 23.6. The minimum absolute atomic E-state index is 0.00843. The number of carbonyl (C=O) groups is 1. The molecule has 0 radical (unpaired) electrons. The highest BCUT2D eigenvalue weighted by Crippen LogP contribution is 2.32. The predicted octanol–water partition coefficient (Wildman–Crippen LogP) is 4.92. The van der Waals surface area contributed by atoms with E-state index >= 15 is 0 Å². The van der Waals surface area contributed by atoms with Gasteiger partial charge in [0.1, 0.15) is 11.6 Å². The number of carbonyl (C=O) groups excluding carboxylic acids is 1. The summed E-state index contributed by atoms with van der Waals surface area (Å²) in [5.74, 6) is 0.761. The van der Waals surface area contributed by atoms with Gasteiger partial charge in [-0.15, -0.1) is 0 Å². The summed E-state index contributed by atoms with van der Waals surface area (Å²) in [6.45, 7) is 2.18. The van der Waals surface area contributed by atoms with Crippen LogP contribution in [0.5, 0.6) is 0 Å². The average Bonchev–Trinajstić information content (AvgIpc) is 2.38. The molecular weight excluding hydrogens is 307 g/mol. The zero-order valence-corrected chi connectivity index (χ0v) is 12.9. The summed E-state index contributed by atoms with van der Waals surface area (Å²) in [5, 5.41) is 0. The molecule has 3 heteroatoms. The van der Waals surface area contributed by atoms with Gasteiger partial charge in [0.15, 0.2) is 0 Å². The second-order valence-electron chi connectivity index (χ2n) is 5.53. The molecule has 0 bridgehead atoms. The van der Waals surface area contributed by atoms with Crippen LogP contribution in [0.15, 0.2) is 22.7 Å². The van der Waals surface area contributed by atoms with Crippen LogP contribution in [-0.2, 0) is 11.2 Å². The van der Waals surface area contributed by atoms with Gasteiger partial charge < -0.3 is 0 Å². The van der Waals surface area contributed by atoms with Crippen LogP contribution in [0.2, 0.25) is 0 Å². The van der Waals surface area contributed by atoms with Crippen molar-refractivity contribution in [3.63, 3.8) is 0 Å². The average molecular weight is 327 g/mol. The van der Waals surface area contributed by atoms with Crippen LogP contribution >= 0.6 is 15.9 Å². The third-order valence-electron chi connectivity index (χ3n) is 4.04. The molecule has 1 fully saturated rings. The van der Waals surface area contributed by atoms with Gasteiger partial charge in [-0.1, -0.05) is 35.7 Å². The van der Waals surface area contributed by atoms with E-state index < -0.39 is 0 Å². The van der Waals surface area contributed by atoms with Gasteiger partial charge >= 0.3 is 0 Å². The topological polar surface area (TPSA) is 17.1 Å². The van der Waals surface area contributed by atoms with E-state index in [1.165, 1.54) is 12.5 Å². The van der Waals surface area contributed by atoms with Crippen LogP contribution in [-0.4, -0.2) is 5.78 Å². The standard InChI is InChI=1S/C16H20BrFO/c1-2-3-11-4-7-16(19)13(8-11)9-12-10-14(17)5-6-15(12)18/h5-6,10-11,13H,2-4,7-9H2,1H3. The van der Waals surface area contributed by atoms with Gasteiger partial charge in [0.25, 0.3) is 0 Å². The van der Waals surface area contributed by atoms with E-state index in [1.54, 1.807) is 12.1 Å². The van der Waals surface area contributed by atoms with Crippen molar-refractivity contribution in [2.45, 2.75) is 45.4 Å². The van der Waals surface area contributed by atoms with E-state index in [0.29, 0.717) is 30.1 Å². The molecular formula is C16H20BrFO. The van der Waals surface area contributed by atoms with Crippen LogP contribution < -0.4 is 0 Å². The van der Waals surface area contributed by atoms with Crippen molar-refractivity contribution in [2.75, 3.05) is 0 Å². The van der Waals surface area contributed by atoms with Crippen molar-refractivity contribution >= 4 is 21.7 Å². The van der Waals surface area contributed by atoms with Gasteiger partial charge in [0.05, 0.1) is 0 Å². The molecule has 0 amide bonds. The fourth-order valence-electron chi connectivity index (χ4n) is 3.03. The Labute approximate surface area is 122 Å². The largest absolute Gasteiger partial charge is 0.299 e. The van der Waals surface area contributed by atoms with Crippen LogP contribution in [0.3, 0.4) is 0 Å². The first-order valence-electron chi connectivity index (χ1n) is 7.06. The van der Waals surface area contributed by atoms with Crippen LogP contribution in [0.25, 0.3) is 0 Å². The molecule has 1 aliphatic carbocycles. The van der Waals surface area contributed by atoms with E-state index in [-0.39, 0.29) is 11.7 Å². The van der Waals surface area contributed by atoms with Crippen molar-refractivity contribution in [3.8, 4) is 0 Å². The van der Waals surface area contributed by atoms with Gasteiger partial charge in [-0.3, -0.25) is 4.79 Å². The molecule has 2 atom stereocenters.